The monoisotopic (exact) mass is 475 g/mol. The Morgan fingerprint density at radius 2 is 1.93 bits per heavy atom. The fourth-order valence-corrected chi connectivity index (χ4v) is 3.90. The molecule has 8 heteroatoms. The van der Waals surface area contributed by atoms with Gasteiger partial charge in [0.05, 0.1) is 18.1 Å². The van der Waals surface area contributed by atoms with Gasteiger partial charge >= 0.3 is 5.97 Å². The van der Waals surface area contributed by atoms with E-state index in [0.717, 1.165) is 27.4 Å². The molecule has 1 fully saturated rings. The summed E-state index contributed by atoms with van der Waals surface area (Å²) in [7, 11) is 0. The first-order valence-corrected chi connectivity index (χ1v) is 10.5. The zero-order valence-corrected chi connectivity index (χ0v) is 18.0. The summed E-state index contributed by atoms with van der Waals surface area (Å²) in [6, 6.07) is 14.4. The predicted molar refractivity (Wildman–Crippen MR) is 114 cm³/mol. The molecule has 1 heterocycles. The van der Waals surface area contributed by atoms with Gasteiger partial charge in [-0.25, -0.2) is 4.79 Å². The van der Waals surface area contributed by atoms with E-state index < -0.39 is 5.97 Å². The number of esters is 1. The van der Waals surface area contributed by atoms with Crippen molar-refractivity contribution in [3.63, 3.8) is 0 Å². The number of halogens is 1. The normalized spacial score (nSPS) is 15.1. The summed E-state index contributed by atoms with van der Waals surface area (Å²) < 4.78 is 11.0. The lowest BCUT2D eigenvalue weighted by atomic mass is 10.2. The maximum absolute atomic E-state index is 12.6. The number of amides is 2. The molecule has 3 rings (SSSR count). The topological polar surface area (TPSA) is 72.9 Å². The van der Waals surface area contributed by atoms with Crippen molar-refractivity contribution in [2.45, 2.75) is 13.5 Å². The molecular weight excluding hydrogens is 458 g/mol. The average molecular weight is 476 g/mol. The highest BCUT2D eigenvalue weighted by Crippen LogP contribution is 2.33. The Labute approximate surface area is 181 Å². The number of imide groups is 1. The molecule has 1 saturated heterocycles. The first-order chi connectivity index (χ1) is 14.0. The lowest BCUT2D eigenvalue weighted by Crippen LogP contribution is -2.27. The van der Waals surface area contributed by atoms with Crippen LogP contribution < -0.4 is 4.74 Å². The van der Waals surface area contributed by atoms with Crippen LogP contribution in [0.3, 0.4) is 0 Å². The van der Waals surface area contributed by atoms with Gasteiger partial charge in [-0.05, 0) is 60.2 Å². The molecule has 0 unspecified atom stereocenters. The minimum atomic E-state index is -0.435. The first kappa shape index (κ1) is 21.1. The Bertz CT molecular complexity index is 958. The van der Waals surface area contributed by atoms with E-state index in [9.17, 15) is 14.4 Å². The van der Waals surface area contributed by atoms with Crippen molar-refractivity contribution in [3.8, 4) is 5.75 Å². The van der Waals surface area contributed by atoms with Crippen LogP contribution in [0.4, 0.5) is 4.79 Å². The maximum atomic E-state index is 12.6. The standard InChI is InChI=1S/C21H18BrNO5S/c1-2-27-19(24)13-28-17-8-6-14(7-9-17)11-18-20(25)23(21(26)29-18)12-15-4-3-5-16(22)10-15/h3-11H,2,12-13H2,1H3/b18-11-. The predicted octanol–water partition coefficient (Wildman–Crippen LogP) is 4.63. The van der Waals surface area contributed by atoms with Gasteiger partial charge in [-0.3, -0.25) is 14.5 Å². The van der Waals surface area contributed by atoms with Crippen molar-refractivity contribution in [1.29, 1.82) is 0 Å². The van der Waals surface area contributed by atoms with Crippen LogP contribution in [0.25, 0.3) is 6.08 Å². The summed E-state index contributed by atoms with van der Waals surface area (Å²) in [5.41, 5.74) is 1.62. The van der Waals surface area contributed by atoms with E-state index in [1.807, 2.05) is 24.3 Å². The second kappa shape index (κ2) is 9.76. The highest BCUT2D eigenvalue weighted by Gasteiger charge is 2.34. The number of benzene rings is 2. The fourth-order valence-electron chi connectivity index (χ4n) is 2.61. The number of rotatable bonds is 7. The third kappa shape index (κ3) is 5.71. The lowest BCUT2D eigenvalue weighted by molar-refractivity contribution is -0.145. The molecule has 150 valence electrons. The number of carbonyl (C=O) groups excluding carboxylic acids is 3. The number of thioether (sulfide) groups is 1. The van der Waals surface area contributed by atoms with Crippen LogP contribution in [-0.4, -0.2) is 35.2 Å². The van der Waals surface area contributed by atoms with E-state index in [0.29, 0.717) is 17.3 Å². The van der Waals surface area contributed by atoms with Crippen molar-refractivity contribution in [2.24, 2.45) is 0 Å². The van der Waals surface area contributed by atoms with Crippen molar-refractivity contribution in [3.05, 3.63) is 69.0 Å². The van der Waals surface area contributed by atoms with Crippen molar-refractivity contribution in [1.82, 2.24) is 4.90 Å². The zero-order valence-electron chi connectivity index (χ0n) is 15.6. The average Bonchev–Trinajstić information content (AvgIpc) is 2.95. The van der Waals surface area contributed by atoms with E-state index in [4.69, 9.17) is 9.47 Å². The van der Waals surface area contributed by atoms with Gasteiger partial charge in [-0.15, -0.1) is 0 Å². The maximum Gasteiger partial charge on any atom is 0.344 e. The molecular formula is C21H18BrNO5S. The van der Waals surface area contributed by atoms with E-state index in [-0.39, 0.29) is 24.3 Å². The third-order valence-corrected chi connectivity index (χ3v) is 5.34. The van der Waals surface area contributed by atoms with E-state index in [2.05, 4.69) is 15.9 Å². The third-order valence-electron chi connectivity index (χ3n) is 3.94. The molecule has 0 aliphatic carbocycles. The van der Waals surface area contributed by atoms with Crippen LogP contribution in [0.1, 0.15) is 18.1 Å². The lowest BCUT2D eigenvalue weighted by Gasteiger charge is -2.12. The SMILES string of the molecule is CCOC(=O)COc1ccc(/C=C2\SC(=O)N(Cc3cccc(Br)c3)C2=O)cc1. The minimum Gasteiger partial charge on any atom is -0.482 e. The van der Waals surface area contributed by atoms with Crippen LogP contribution in [0.15, 0.2) is 57.9 Å². The number of carbonyl (C=O) groups is 3. The van der Waals surface area contributed by atoms with Crippen LogP contribution in [0.2, 0.25) is 0 Å². The molecule has 29 heavy (non-hydrogen) atoms. The Morgan fingerprint density at radius 3 is 2.62 bits per heavy atom. The van der Waals surface area contributed by atoms with Crippen LogP contribution in [-0.2, 0) is 20.9 Å². The van der Waals surface area contributed by atoms with Gasteiger partial charge in [-0.2, -0.15) is 0 Å². The van der Waals surface area contributed by atoms with Crippen LogP contribution >= 0.6 is 27.7 Å². The molecule has 2 amide bonds. The van der Waals surface area contributed by atoms with Gasteiger partial charge in [0.2, 0.25) is 0 Å². The Morgan fingerprint density at radius 1 is 1.17 bits per heavy atom. The molecule has 1 aliphatic heterocycles. The summed E-state index contributed by atoms with van der Waals surface area (Å²) in [4.78, 5) is 37.8. The summed E-state index contributed by atoms with van der Waals surface area (Å²) >= 11 is 4.31. The second-order valence-corrected chi connectivity index (χ2v) is 7.97. The zero-order chi connectivity index (χ0) is 20.8. The van der Waals surface area contributed by atoms with Gasteiger partial charge in [0.15, 0.2) is 6.61 Å². The van der Waals surface area contributed by atoms with Gasteiger partial charge in [-0.1, -0.05) is 40.2 Å². The number of hydrogen-bond donors (Lipinski definition) is 0. The molecule has 0 atom stereocenters. The quantitative estimate of drug-likeness (QED) is 0.429. The van der Waals surface area contributed by atoms with Crippen LogP contribution in [0.5, 0.6) is 5.75 Å². The highest BCUT2D eigenvalue weighted by molar-refractivity contribution is 9.10. The van der Waals surface area contributed by atoms with E-state index >= 15 is 0 Å². The van der Waals surface area contributed by atoms with Crippen molar-refractivity contribution in [2.75, 3.05) is 13.2 Å². The number of ether oxygens (including phenoxy) is 2. The Hall–Kier alpha value is -2.58. The van der Waals surface area contributed by atoms with Gasteiger partial charge < -0.3 is 9.47 Å². The summed E-state index contributed by atoms with van der Waals surface area (Å²) in [5, 5.41) is -0.296. The second-order valence-electron chi connectivity index (χ2n) is 6.06. The van der Waals surface area contributed by atoms with Crippen LogP contribution in [0, 0.1) is 0 Å². The van der Waals surface area contributed by atoms with Gasteiger partial charge in [0, 0.05) is 4.47 Å². The molecule has 0 spiro atoms. The molecule has 0 aromatic heterocycles. The highest BCUT2D eigenvalue weighted by atomic mass is 79.9. The smallest absolute Gasteiger partial charge is 0.344 e. The summed E-state index contributed by atoms with van der Waals surface area (Å²) in [5.74, 6) is -0.240. The molecule has 0 saturated carbocycles. The molecule has 0 radical (unpaired) electrons. The Kier molecular flexibility index (Phi) is 7.11. The van der Waals surface area contributed by atoms with Gasteiger partial charge in [0.25, 0.3) is 11.1 Å². The van der Waals surface area contributed by atoms with Gasteiger partial charge in [0.1, 0.15) is 5.75 Å². The molecule has 6 nitrogen and oxygen atoms in total. The van der Waals surface area contributed by atoms with Crippen molar-refractivity contribution < 1.29 is 23.9 Å². The summed E-state index contributed by atoms with van der Waals surface area (Å²) in [6.45, 7) is 2.09. The molecule has 1 aliphatic rings. The largest absolute Gasteiger partial charge is 0.482 e. The van der Waals surface area contributed by atoms with E-state index in [1.165, 1.54) is 4.90 Å². The molecule has 2 aromatic rings. The Balaban J connectivity index is 1.65. The molecule has 0 bridgehead atoms. The number of nitrogens with zero attached hydrogens (tertiary/aromatic N) is 1. The number of hydrogen-bond acceptors (Lipinski definition) is 6. The van der Waals surface area contributed by atoms with Crippen molar-refractivity contribution >= 4 is 50.9 Å². The summed E-state index contributed by atoms with van der Waals surface area (Å²) in [6.07, 6.45) is 1.67. The molecule has 0 N–H and O–H groups in total. The fraction of sp³-hybridized carbons (Fsp3) is 0.190. The molecule has 2 aromatic carbocycles. The van der Waals surface area contributed by atoms with E-state index in [1.54, 1.807) is 37.3 Å². The first-order valence-electron chi connectivity index (χ1n) is 8.84. The minimum absolute atomic E-state index is 0.165.